The summed E-state index contributed by atoms with van der Waals surface area (Å²) in [6, 6.07) is 2.82. The summed E-state index contributed by atoms with van der Waals surface area (Å²) in [5.41, 5.74) is -0.806. The Morgan fingerprint density at radius 3 is 2.30 bits per heavy atom. The average Bonchev–Trinajstić information content (AvgIpc) is 2.33. The molecule has 2 nitrogen and oxygen atoms in total. The fourth-order valence-corrected chi connectivity index (χ4v) is 1.66. The smallest absolute Gasteiger partial charge is 0.313 e. The molecular formula is C14H20F4N2. The summed E-state index contributed by atoms with van der Waals surface area (Å²) in [6.07, 6.45) is -4.45. The molecule has 0 radical (unpaired) electrons. The molecule has 0 spiro atoms. The van der Waals surface area contributed by atoms with Crippen molar-refractivity contribution in [1.29, 1.82) is 0 Å². The van der Waals surface area contributed by atoms with Crippen LogP contribution in [0, 0.1) is 5.82 Å². The van der Waals surface area contributed by atoms with Gasteiger partial charge in [-0.2, -0.15) is 13.2 Å². The standard InChI is InChI=1S/C14H20F4N2/c1-9(2)19-7-10(3)20-8-11-6-12(14(16,17)18)4-5-13(11)15/h4-6,9-10,19-20H,7-8H2,1-3H3. The molecule has 2 N–H and O–H groups in total. The highest BCUT2D eigenvalue weighted by Crippen LogP contribution is 2.30. The Kier molecular flexibility index (Phi) is 5.95. The normalized spacial score (nSPS) is 13.8. The van der Waals surface area contributed by atoms with Crippen LogP contribution >= 0.6 is 0 Å². The van der Waals surface area contributed by atoms with Crippen molar-refractivity contribution >= 4 is 0 Å². The zero-order valence-electron chi connectivity index (χ0n) is 11.8. The van der Waals surface area contributed by atoms with Gasteiger partial charge in [0.2, 0.25) is 0 Å². The SMILES string of the molecule is CC(C)NCC(C)NCc1cc(C(F)(F)F)ccc1F. The number of benzene rings is 1. The quantitative estimate of drug-likeness (QED) is 0.786. The molecule has 0 fully saturated rings. The van der Waals surface area contributed by atoms with Crippen LogP contribution in [0.5, 0.6) is 0 Å². The zero-order chi connectivity index (χ0) is 15.3. The maximum Gasteiger partial charge on any atom is 0.416 e. The van der Waals surface area contributed by atoms with Gasteiger partial charge in [-0.1, -0.05) is 13.8 Å². The number of hydrogen-bond acceptors (Lipinski definition) is 2. The largest absolute Gasteiger partial charge is 0.416 e. The van der Waals surface area contributed by atoms with Crippen molar-refractivity contribution in [3.63, 3.8) is 0 Å². The van der Waals surface area contributed by atoms with Crippen LogP contribution in [0.2, 0.25) is 0 Å². The summed E-state index contributed by atoms with van der Waals surface area (Å²) in [5.74, 6) is -0.630. The lowest BCUT2D eigenvalue weighted by molar-refractivity contribution is -0.137. The lowest BCUT2D eigenvalue weighted by Crippen LogP contribution is -2.38. The summed E-state index contributed by atoms with van der Waals surface area (Å²) < 4.78 is 51.2. The number of rotatable bonds is 6. The van der Waals surface area contributed by atoms with Crippen molar-refractivity contribution in [3.05, 3.63) is 35.1 Å². The third kappa shape index (κ3) is 5.46. The van der Waals surface area contributed by atoms with E-state index in [9.17, 15) is 17.6 Å². The summed E-state index contributed by atoms with van der Waals surface area (Å²) in [6.45, 7) is 6.62. The topological polar surface area (TPSA) is 24.1 Å². The van der Waals surface area contributed by atoms with Gasteiger partial charge in [0.05, 0.1) is 5.56 Å². The monoisotopic (exact) mass is 292 g/mol. The predicted octanol–water partition coefficient (Wildman–Crippen LogP) is 3.32. The molecular weight excluding hydrogens is 272 g/mol. The highest BCUT2D eigenvalue weighted by Gasteiger charge is 2.31. The first-order chi connectivity index (χ1) is 9.20. The third-order valence-electron chi connectivity index (χ3n) is 2.85. The van der Waals surface area contributed by atoms with Gasteiger partial charge in [0.1, 0.15) is 5.82 Å². The first kappa shape index (κ1) is 16.9. The van der Waals surface area contributed by atoms with Crippen molar-refractivity contribution in [1.82, 2.24) is 10.6 Å². The van der Waals surface area contributed by atoms with Gasteiger partial charge in [-0.25, -0.2) is 4.39 Å². The van der Waals surface area contributed by atoms with Gasteiger partial charge in [-0.05, 0) is 25.1 Å². The van der Waals surface area contributed by atoms with Crippen LogP contribution in [0.25, 0.3) is 0 Å². The molecule has 1 rings (SSSR count). The zero-order valence-corrected chi connectivity index (χ0v) is 11.8. The predicted molar refractivity (Wildman–Crippen MR) is 70.8 cm³/mol. The van der Waals surface area contributed by atoms with Crippen LogP contribution in [0.4, 0.5) is 17.6 Å². The van der Waals surface area contributed by atoms with Crippen molar-refractivity contribution in [3.8, 4) is 0 Å². The Bertz CT molecular complexity index is 430. The van der Waals surface area contributed by atoms with Crippen molar-refractivity contribution in [2.45, 2.75) is 45.6 Å². The van der Waals surface area contributed by atoms with Crippen LogP contribution in [-0.4, -0.2) is 18.6 Å². The Morgan fingerprint density at radius 1 is 1.10 bits per heavy atom. The van der Waals surface area contributed by atoms with E-state index in [0.29, 0.717) is 12.6 Å². The van der Waals surface area contributed by atoms with E-state index in [0.717, 1.165) is 18.2 Å². The van der Waals surface area contributed by atoms with E-state index >= 15 is 0 Å². The second kappa shape index (κ2) is 7.04. The van der Waals surface area contributed by atoms with Gasteiger partial charge in [0.25, 0.3) is 0 Å². The van der Waals surface area contributed by atoms with Gasteiger partial charge >= 0.3 is 6.18 Å². The first-order valence-electron chi connectivity index (χ1n) is 6.52. The molecule has 0 aliphatic carbocycles. The average molecular weight is 292 g/mol. The molecule has 0 saturated carbocycles. The minimum Gasteiger partial charge on any atom is -0.313 e. The Balaban J connectivity index is 2.63. The summed E-state index contributed by atoms with van der Waals surface area (Å²) in [7, 11) is 0. The number of nitrogens with one attached hydrogen (secondary N) is 2. The summed E-state index contributed by atoms with van der Waals surface area (Å²) in [4.78, 5) is 0. The molecule has 0 saturated heterocycles. The molecule has 1 atom stereocenters. The second-order valence-electron chi connectivity index (χ2n) is 5.15. The molecule has 1 aromatic rings. The van der Waals surface area contributed by atoms with Crippen molar-refractivity contribution in [2.24, 2.45) is 0 Å². The maximum atomic E-state index is 13.5. The molecule has 1 aromatic carbocycles. The number of alkyl halides is 3. The number of hydrogen-bond donors (Lipinski definition) is 2. The van der Waals surface area contributed by atoms with Crippen molar-refractivity contribution in [2.75, 3.05) is 6.54 Å². The molecule has 1 unspecified atom stereocenters. The third-order valence-corrected chi connectivity index (χ3v) is 2.85. The van der Waals surface area contributed by atoms with Crippen LogP contribution in [0.3, 0.4) is 0 Å². The lowest BCUT2D eigenvalue weighted by atomic mass is 10.1. The summed E-state index contributed by atoms with van der Waals surface area (Å²) in [5, 5.41) is 6.20. The van der Waals surface area contributed by atoms with E-state index in [1.165, 1.54) is 0 Å². The lowest BCUT2D eigenvalue weighted by Gasteiger charge is -2.17. The molecule has 0 heterocycles. The van der Waals surface area contributed by atoms with Gasteiger partial charge < -0.3 is 10.6 Å². The number of halogens is 4. The van der Waals surface area contributed by atoms with Crippen molar-refractivity contribution < 1.29 is 17.6 Å². The maximum absolute atomic E-state index is 13.5. The fourth-order valence-electron chi connectivity index (χ4n) is 1.66. The van der Waals surface area contributed by atoms with E-state index in [1.807, 2.05) is 20.8 Å². The Morgan fingerprint density at radius 2 is 1.75 bits per heavy atom. The Labute approximate surface area is 116 Å². The van der Waals surface area contributed by atoms with Gasteiger partial charge in [0.15, 0.2) is 0 Å². The molecule has 6 heteroatoms. The van der Waals surface area contributed by atoms with Crippen LogP contribution in [0.15, 0.2) is 18.2 Å². The molecule has 0 aromatic heterocycles. The molecule has 114 valence electrons. The summed E-state index contributed by atoms with van der Waals surface area (Å²) >= 11 is 0. The van der Waals surface area contributed by atoms with E-state index < -0.39 is 17.6 Å². The van der Waals surface area contributed by atoms with Gasteiger partial charge in [0, 0.05) is 30.7 Å². The first-order valence-corrected chi connectivity index (χ1v) is 6.52. The van der Waals surface area contributed by atoms with Gasteiger partial charge in [-0.3, -0.25) is 0 Å². The highest BCUT2D eigenvalue weighted by molar-refractivity contribution is 5.27. The molecule has 0 amide bonds. The molecule has 0 bridgehead atoms. The van der Waals surface area contributed by atoms with Crippen LogP contribution in [-0.2, 0) is 12.7 Å². The molecule has 0 aliphatic heterocycles. The highest BCUT2D eigenvalue weighted by atomic mass is 19.4. The second-order valence-corrected chi connectivity index (χ2v) is 5.15. The molecule has 20 heavy (non-hydrogen) atoms. The van der Waals surface area contributed by atoms with E-state index in [2.05, 4.69) is 10.6 Å². The van der Waals surface area contributed by atoms with E-state index in [4.69, 9.17) is 0 Å². The van der Waals surface area contributed by atoms with Crippen LogP contribution < -0.4 is 10.6 Å². The minimum atomic E-state index is -4.45. The Hall–Kier alpha value is -1.14. The minimum absolute atomic E-state index is 0.0243. The fraction of sp³-hybridized carbons (Fsp3) is 0.571. The van der Waals surface area contributed by atoms with Gasteiger partial charge in [-0.15, -0.1) is 0 Å². The van der Waals surface area contributed by atoms with Crippen LogP contribution in [0.1, 0.15) is 31.9 Å². The molecule has 0 aliphatic rings. The van der Waals surface area contributed by atoms with E-state index in [-0.39, 0.29) is 18.2 Å². The van der Waals surface area contributed by atoms with E-state index in [1.54, 1.807) is 0 Å².